The number of rotatable bonds is 4. The van der Waals surface area contributed by atoms with Gasteiger partial charge in [-0.2, -0.15) is 22.8 Å². The maximum atomic E-state index is 12.7. The number of nitrogens with zero attached hydrogens (tertiary/aromatic N) is 3. The van der Waals surface area contributed by atoms with E-state index in [2.05, 4.69) is 15.4 Å². The van der Waals surface area contributed by atoms with Gasteiger partial charge in [0, 0.05) is 23.9 Å². The summed E-state index contributed by atoms with van der Waals surface area (Å²) in [6.45, 7) is 4.62. The van der Waals surface area contributed by atoms with E-state index in [1.807, 2.05) is 0 Å². The highest BCUT2D eigenvalue weighted by Gasteiger charge is 2.34. The number of halogens is 3. The number of hydrogen-bond acceptors (Lipinski definition) is 4. The van der Waals surface area contributed by atoms with Crippen LogP contribution in [0.4, 0.5) is 19.0 Å². The highest BCUT2D eigenvalue weighted by Crippen LogP contribution is 2.30. The molecule has 0 aromatic carbocycles. The Kier molecular flexibility index (Phi) is 3.85. The second-order valence-corrected chi connectivity index (χ2v) is 4.54. The molecule has 0 bridgehead atoms. The lowest BCUT2D eigenvalue weighted by Gasteiger charge is -2.12. The summed E-state index contributed by atoms with van der Waals surface area (Å²) >= 11 is 0. The van der Waals surface area contributed by atoms with E-state index >= 15 is 0 Å². The fraction of sp³-hybridized carbons (Fsp3) is 0.500. The Labute approximate surface area is 114 Å². The molecule has 0 atom stereocenters. The topological polar surface area (TPSA) is 68.2 Å². The Morgan fingerprint density at radius 3 is 2.65 bits per heavy atom. The van der Waals surface area contributed by atoms with Crippen molar-refractivity contribution in [1.29, 1.82) is 0 Å². The molecule has 0 fully saturated rings. The molecule has 8 heteroatoms. The lowest BCUT2D eigenvalue weighted by atomic mass is 10.2. The van der Waals surface area contributed by atoms with Gasteiger partial charge in [0.05, 0.1) is 0 Å². The van der Waals surface area contributed by atoms with Gasteiger partial charge in [0.1, 0.15) is 5.82 Å². The Morgan fingerprint density at radius 1 is 1.35 bits per heavy atom. The van der Waals surface area contributed by atoms with Gasteiger partial charge in [-0.15, -0.1) is 0 Å². The zero-order chi connectivity index (χ0) is 14.9. The van der Waals surface area contributed by atoms with Crippen molar-refractivity contribution in [2.75, 3.05) is 18.4 Å². The van der Waals surface area contributed by atoms with Crippen LogP contribution in [-0.2, 0) is 6.18 Å². The number of aromatic nitrogens is 3. The standard InChI is InChI=1S/C12H16F3N5/c1-7-8(2)18-10-6-9(12(13,14)15)19-20(10)11(7)17-5-3-4-16/h6,17H,3-5,16H2,1-2H3. The van der Waals surface area contributed by atoms with Crippen LogP contribution in [0, 0.1) is 13.8 Å². The van der Waals surface area contributed by atoms with Crippen molar-refractivity contribution < 1.29 is 13.2 Å². The summed E-state index contributed by atoms with van der Waals surface area (Å²) in [5, 5.41) is 6.68. The molecule has 0 aliphatic carbocycles. The van der Waals surface area contributed by atoms with Crippen molar-refractivity contribution in [3.05, 3.63) is 23.0 Å². The highest BCUT2D eigenvalue weighted by molar-refractivity contribution is 5.55. The molecule has 2 rings (SSSR count). The minimum atomic E-state index is -4.48. The summed E-state index contributed by atoms with van der Waals surface area (Å²) in [6.07, 6.45) is -3.76. The van der Waals surface area contributed by atoms with Crippen LogP contribution >= 0.6 is 0 Å². The number of anilines is 1. The van der Waals surface area contributed by atoms with Crippen molar-refractivity contribution in [3.63, 3.8) is 0 Å². The van der Waals surface area contributed by atoms with Crippen LogP contribution in [0.25, 0.3) is 5.65 Å². The molecule has 0 saturated heterocycles. The van der Waals surface area contributed by atoms with Gasteiger partial charge in [0.2, 0.25) is 0 Å². The van der Waals surface area contributed by atoms with Crippen LogP contribution in [0.1, 0.15) is 23.4 Å². The van der Waals surface area contributed by atoms with Gasteiger partial charge < -0.3 is 11.1 Å². The van der Waals surface area contributed by atoms with Crippen LogP contribution in [0.3, 0.4) is 0 Å². The van der Waals surface area contributed by atoms with Gasteiger partial charge in [-0.3, -0.25) is 0 Å². The monoisotopic (exact) mass is 287 g/mol. The summed E-state index contributed by atoms with van der Waals surface area (Å²) in [5.74, 6) is 0.524. The third kappa shape index (κ3) is 2.69. The van der Waals surface area contributed by atoms with E-state index in [0.717, 1.165) is 18.1 Å². The molecule has 110 valence electrons. The molecule has 20 heavy (non-hydrogen) atoms. The smallest absolute Gasteiger partial charge is 0.370 e. The van der Waals surface area contributed by atoms with Crippen LogP contribution in [0.15, 0.2) is 6.07 Å². The van der Waals surface area contributed by atoms with Gasteiger partial charge in [-0.1, -0.05) is 0 Å². The predicted octanol–water partition coefficient (Wildman–Crippen LogP) is 2.13. The minimum absolute atomic E-state index is 0.177. The normalized spacial score (nSPS) is 12.1. The lowest BCUT2D eigenvalue weighted by molar-refractivity contribution is -0.141. The summed E-state index contributed by atoms with van der Waals surface area (Å²) in [5.41, 5.74) is 6.08. The average molecular weight is 287 g/mol. The number of nitrogens with one attached hydrogen (secondary N) is 1. The summed E-state index contributed by atoms with van der Waals surface area (Å²) in [7, 11) is 0. The number of alkyl halides is 3. The van der Waals surface area contributed by atoms with Gasteiger partial charge in [0.15, 0.2) is 11.3 Å². The Morgan fingerprint density at radius 2 is 2.05 bits per heavy atom. The fourth-order valence-corrected chi connectivity index (χ4v) is 1.86. The zero-order valence-electron chi connectivity index (χ0n) is 11.3. The van der Waals surface area contributed by atoms with Crippen molar-refractivity contribution >= 4 is 11.5 Å². The fourth-order valence-electron chi connectivity index (χ4n) is 1.86. The van der Waals surface area contributed by atoms with Crippen LogP contribution in [-0.4, -0.2) is 27.7 Å². The van der Waals surface area contributed by atoms with Crippen molar-refractivity contribution in [2.45, 2.75) is 26.4 Å². The SMILES string of the molecule is Cc1nc2cc(C(F)(F)F)nn2c(NCCCN)c1C. The molecule has 0 saturated carbocycles. The molecule has 0 spiro atoms. The van der Waals surface area contributed by atoms with Gasteiger partial charge in [-0.25, -0.2) is 4.98 Å². The van der Waals surface area contributed by atoms with E-state index < -0.39 is 11.9 Å². The van der Waals surface area contributed by atoms with E-state index in [1.54, 1.807) is 13.8 Å². The predicted molar refractivity (Wildman–Crippen MR) is 69.6 cm³/mol. The Bertz CT molecular complexity index is 618. The van der Waals surface area contributed by atoms with E-state index in [9.17, 15) is 13.2 Å². The molecule has 0 unspecified atom stereocenters. The molecule has 5 nitrogen and oxygen atoms in total. The first-order valence-corrected chi connectivity index (χ1v) is 6.22. The van der Waals surface area contributed by atoms with Crippen molar-refractivity contribution in [2.24, 2.45) is 5.73 Å². The first-order valence-electron chi connectivity index (χ1n) is 6.22. The maximum Gasteiger partial charge on any atom is 0.435 e. The molecule has 0 amide bonds. The summed E-state index contributed by atoms with van der Waals surface area (Å²) in [6, 6.07) is 0.945. The Hall–Kier alpha value is -1.83. The molecule has 2 heterocycles. The molecular weight excluding hydrogens is 271 g/mol. The number of fused-ring (bicyclic) bond motifs is 1. The third-order valence-electron chi connectivity index (χ3n) is 3.05. The minimum Gasteiger partial charge on any atom is -0.370 e. The van der Waals surface area contributed by atoms with Crippen molar-refractivity contribution in [1.82, 2.24) is 14.6 Å². The van der Waals surface area contributed by atoms with E-state index in [-0.39, 0.29) is 5.65 Å². The van der Waals surface area contributed by atoms with Crippen LogP contribution in [0.2, 0.25) is 0 Å². The molecule has 2 aromatic rings. The number of nitrogens with two attached hydrogens (primary N) is 1. The number of aryl methyl sites for hydroxylation is 1. The first kappa shape index (κ1) is 14.6. The quantitative estimate of drug-likeness (QED) is 0.845. The molecule has 2 aromatic heterocycles. The van der Waals surface area contributed by atoms with Crippen LogP contribution in [0.5, 0.6) is 0 Å². The van der Waals surface area contributed by atoms with Gasteiger partial charge in [0.25, 0.3) is 0 Å². The first-order chi connectivity index (χ1) is 9.34. The highest BCUT2D eigenvalue weighted by atomic mass is 19.4. The van der Waals surface area contributed by atoms with E-state index in [0.29, 0.717) is 24.6 Å². The largest absolute Gasteiger partial charge is 0.435 e. The molecule has 0 radical (unpaired) electrons. The molecule has 0 aliphatic heterocycles. The van der Waals surface area contributed by atoms with Crippen molar-refractivity contribution in [3.8, 4) is 0 Å². The van der Waals surface area contributed by atoms with E-state index in [1.165, 1.54) is 4.52 Å². The second-order valence-electron chi connectivity index (χ2n) is 4.54. The number of hydrogen-bond donors (Lipinski definition) is 2. The van der Waals surface area contributed by atoms with Crippen LogP contribution < -0.4 is 11.1 Å². The maximum absolute atomic E-state index is 12.7. The summed E-state index contributed by atoms with van der Waals surface area (Å²) < 4.78 is 39.4. The summed E-state index contributed by atoms with van der Waals surface area (Å²) in [4.78, 5) is 4.13. The average Bonchev–Trinajstić information content (AvgIpc) is 2.77. The molecular formula is C12H16F3N5. The second kappa shape index (κ2) is 5.28. The lowest BCUT2D eigenvalue weighted by Crippen LogP contribution is -2.14. The van der Waals surface area contributed by atoms with Gasteiger partial charge in [-0.05, 0) is 26.8 Å². The Balaban J connectivity index is 2.52. The van der Waals surface area contributed by atoms with Gasteiger partial charge >= 0.3 is 6.18 Å². The van der Waals surface area contributed by atoms with E-state index in [4.69, 9.17) is 5.73 Å². The zero-order valence-corrected chi connectivity index (χ0v) is 11.3. The third-order valence-corrected chi connectivity index (χ3v) is 3.05. The molecule has 3 N–H and O–H groups in total. The molecule has 0 aliphatic rings.